The van der Waals surface area contributed by atoms with E-state index in [9.17, 15) is 5.11 Å². The molecule has 0 aliphatic heterocycles. The zero-order valence-electron chi connectivity index (χ0n) is 13.7. The molecule has 1 aliphatic rings. The standard InChI is InChI=1S/C22H22O/c1-14(16-9-11-18(23)12-10-16)13-21-15(2)19-7-3-5-17-6-4-8-20(21)22(17)19/h3-12,14-15,21,23H,13H2,1-2H3. The maximum atomic E-state index is 9.48. The van der Waals surface area contributed by atoms with Crippen molar-refractivity contribution in [1.82, 2.24) is 0 Å². The number of aromatic hydroxyl groups is 1. The van der Waals surface area contributed by atoms with Crippen LogP contribution in [0.1, 0.15) is 54.7 Å². The van der Waals surface area contributed by atoms with Gasteiger partial charge in [0.1, 0.15) is 5.75 Å². The van der Waals surface area contributed by atoms with Gasteiger partial charge >= 0.3 is 0 Å². The maximum Gasteiger partial charge on any atom is 0.115 e. The van der Waals surface area contributed by atoms with Gasteiger partial charge in [0.05, 0.1) is 0 Å². The van der Waals surface area contributed by atoms with Crippen LogP contribution in [0.15, 0.2) is 60.7 Å². The van der Waals surface area contributed by atoms with Gasteiger partial charge in [0, 0.05) is 0 Å². The topological polar surface area (TPSA) is 20.2 Å². The highest BCUT2D eigenvalue weighted by molar-refractivity contribution is 5.92. The van der Waals surface area contributed by atoms with Crippen LogP contribution in [0.5, 0.6) is 5.75 Å². The fraction of sp³-hybridized carbons (Fsp3) is 0.273. The Labute approximate surface area is 137 Å². The summed E-state index contributed by atoms with van der Waals surface area (Å²) in [5.41, 5.74) is 4.32. The van der Waals surface area contributed by atoms with Gasteiger partial charge in [0.25, 0.3) is 0 Å². The van der Waals surface area contributed by atoms with Crippen LogP contribution in [0.4, 0.5) is 0 Å². The molecule has 3 unspecified atom stereocenters. The van der Waals surface area contributed by atoms with Crippen LogP contribution in [-0.4, -0.2) is 5.11 Å². The predicted molar refractivity (Wildman–Crippen MR) is 96.2 cm³/mol. The first-order chi connectivity index (χ1) is 11.1. The van der Waals surface area contributed by atoms with Crippen LogP contribution >= 0.6 is 0 Å². The van der Waals surface area contributed by atoms with E-state index in [1.807, 2.05) is 12.1 Å². The molecule has 23 heavy (non-hydrogen) atoms. The summed E-state index contributed by atoms with van der Waals surface area (Å²) in [4.78, 5) is 0. The molecule has 0 amide bonds. The Kier molecular flexibility index (Phi) is 3.37. The maximum absolute atomic E-state index is 9.48. The minimum absolute atomic E-state index is 0.340. The second-order valence-electron chi connectivity index (χ2n) is 6.92. The van der Waals surface area contributed by atoms with Crippen molar-refractivity contribution in [3.63, 3.8) is 0 Å². The average molecular weight is 302 g/mol. The molecule has 0 bridgehead atoms. The van der Waals surface area contributed by atoms with Crippen LogP contribution < -0.4 is 0 Å². The summed E-state index contributed by atoms with van der Waals surface area (Å²) < 4.78 is 0. The quantitative estimate of drug-likeness (QED) is 0.634. The van der Waals surface area contributed by atoms with Crippen LogP contribution in [0.3, 0.4) is 0 Å². The number of hydrogen-bond acceptors (Lipinski definition) is 1. The molecule has 0 radical (unpaired) electrons. The SMILES string of the molecule is CC(CC1c2cccc3cccc(c23)C1C)c1ccc(O)cc1. The molecule has 1 nitrogen and oxygen atoms in total. The highest BCUT2D eigenvalue weighted by Crippen LogP contribution is 2.50. The summed E-state index contributed by atoms with van der Waals surface area (Å²) in [6.45, 7) is 4.66. The molecule has 0 aromatic heterocycles. The lowest BCUT2D eigenvalue weighted by atomic mass is 9.82. The predicted octanol–water partition coefficient (Wildman–Crippen LogP) is 5.94. The van der Waals surface area contributed by atoms with E-state index in [1.54, 1.807) is 12.1 Å². The first-order valence-electron chi connectivity index (χ1n) is 8.45. The number of rotatable bonds is 3. The number of benzene rings is 3. The van der Waals surface area contributed by atoms with Gasteiger partial charge in [-0.05, 0) is 63.8 Å². The van der Waals surface area contributed by atoms with E-state index in [-0.39, 0.29) is 0 Å². The van der Waals surface area contributed by atoms with Crippen molar-refractivity contribution in [2.24, 2.45) is 0 Å². The molecular formula is C22H22O. The van der Waals surface area contributed by atoms with Crippen molar-refractivity contribution >= 4 is 10.8 Å². The van der Waals surface area contributed by atoms with E-state index in [0.29, 0.717) is 23.5 Å². The molecule has 0 saturated carbocycles. The lowest BCUT2D eigenvalue weighted by Crippen LogP contribution is -2.06. The third kappa shape index (κ3) is 2.31. The fourth-order valence-electron chi connectivity index (χ4n) is 4.23. The van der Waals surface area contributed by atoms with Crippen molar-refractivity contribution in [3.05, 3.63) is 77.4 Å². The minimum Gasteiger partial charge on any atom is -0.508 e. The van der Waals surface area contributed by atoms with Crippen LogP contribution in [0, 0.1) is 0 Å². The lowest BCUT2D eigenvalue weighted by molar-refractivity contribution is 0.474. The molecule has 3 atom stereocenters. The van der Waals surface area contributed by atoms with Gasteiger partial charge in [0.2, 0.25) is 0 Å². The largest absolute Gasteiger partial charge is 0.508 e. The summed E-state index contributed by atoms with van der Waals surface area (Å²) >= 11 is 0. The van der Waals surface area contributed by atoms with Gasteiger partial charge in [-0.3, -0.25) is 0 Å². The first-order valence-corrected chi connectivity index (χ1v) is 8.45. The highest BCUT2D eigenvalue weighted by Gasteiger charge is 2.32. The van der Waals surface area contributed by atoms with E-state index in [2.05, 4.69) is 50.2 Å². The molecule has 3 aromatic carbocycles. The monoisotopic (exact) mass is 302 g/mol. The second kappa shape index (κ2) is 5.42. The molecule has 1 aliphatic carbocycles. The number of phenols is 1. The first kappa shape index (κ1) is 14.3. The van der Waals surface area contributed by atoms with Crippen LogP contribution in [0.25, 0.3) is 10.8 Å². The Morgan fingerprint density at radius 2 is 1.57 bits per heavy atom. The van der Waals surface area contributed by atoms with E-state index < -0.39 is 0 Å². The van der Waals surface area contributed by atoms with Gasteiger partial charge in [-0.15, -0.1) is 0 Å². The third-order valence-corrected chi connectivity index (χ3v) is 5.53. The molecule has 0 heterocycles. The van der Waals surface area contributed by atoms with Gasteiger partial charge in [-0.2, -0.15) is 0 Å². The summed E-state index contributed by atoms with van der Waals surface area (Å²) in [6.07, 6.45) is 1.14. The van der Waals surface area contributed by atoms with E-state index in [0.717, 1.165) is 6.42 Å². The van der Waals surface area contributed by atoms with Gasteiger partial charge in [0.15, 0.2) is 0 Å². The molecule has 1 N–H and O–H groups in total. The van der Waals surface area contributed by atoms with Gasteiger partial charge < -0.3 is 5.11 Å². The zero-order valence-corrected chi connectivity index (χ0v) is 13.7. The lowest BCUT2D eigenvalue weighted by Gasteiger charge is -2.22. The van der Waals surface area contributed by atoms with Crippen molar-refractivity contribution in [2.75, 3.05) is 0 Å². The summed E-state index contributed by atoms with van der Waals surface area (Å²) in [6, 6.07) is 21.1. The Morgan fingerprint density at radius 3 is 2.26 bits per heavy atom. The normalized spacial score (nSPS) is 20.8. The van der Waals surface area contributed by atoms with Crippen LogP contribution in [0.2, 0.25) is 0 Å². The molecular weight excluding hydrogens is 280 g/mol. The van der Waals surface area contributed by atoms with E-state index in [4.69, 9.17) is 0 Å². The van der Waals surface area contributed by atoms with Gasteiger partial charge in [-0.1, -0.05) is 62.4 Å². The smallest absolute Gasteiger partial charge is 0.115 e. The Balaban J connectivity index is 1.68. The molecule has 4 rings (SSSR count). The highest BCUT2D eigenvalue weighted by atomic mass is 16.3. The van der Waals surface area contributed by atoms with Crippen molar-refractivity contribution in [1.29, 1.82) is 0 Å². The Morgan fingerprint density at radius 1 is 0.913 bits per heavy atom. The van der Waals surface area contributed by atoms with E-state index >= 15 is 0 Å². The summed E-state index contributed by atoms with van der Waals surface area (Å²) in [5.74, 6) is 1.95. The number of hydrogen-bond donors (Lipinski definition) is 1. The summed E-state index contributed by atoms with van der Waals surface area (Å²) in [5, 5.41) is 12.3. The molecule has 0 fully saturated rings. The second-order valence-corrected chi connectivity index (χ2v) is 6.92. The Hall–Kier alpha value is -2.28. The van der Waals surface area contributed by atoms with E-state index in [1.165, 1.54) is 27.5 Å². The summed E-state index contributed by atoms with van der Waals surface area (Å²) in [7, 11) is 0. The molecule has 1 heteroatoms. The van der Waals surface area contributed by atoms with Crippen LogP contribution in [-0.2, 0) is 0 Å². The minimum atomic E-state index is 0.340. The third-order valence-electron chi connectivity index (χ3n) is 5.53. The molecule has 3 aromatic rings. The number of phenolic OH excluding ortho intramolecular Hbond substituents is 1. The average Bonchev–Trinajstić information content (AvgIpc) is 2.84. The fourth-order valence-corrected chi connectivity index (χ4v) is 4.23. The van der Waals surface area contributed by atoms with Crippen molar-refractivity contribution in [3.8, 4) is 5.75 Å². The molecule has 0 spiro atoms. The van der Waals surface area contributed by atoms with Gasteiger partial charge in [-0.25, -0.2) is 0 Å². The zero-order chi connectivity index (χ0) is 16.0. The molecule has 0 saturated heterocycles. The Bertz CT molecular complexity index is 842. The van der Waals surface area contributed by atoms with Crippen molar-refractivity contribution in [2.45, 2.75) is 38.0 Å². The molecule has 116 valence electrons. The van der Waals surface area contributed by atoms with Crippen molar-refractivity contribution < 1.29 is 5.11 Å².